The molecule has 0 aliphatic heterocycles. The Morgan fingerprint density at radius 2 is 1.95 bits per heavy atom. The molecule has 0 unspecified atom stereocenters. The summed E-state index contributed by atoms with van der Waals surface area (Å²) in [6.45, 7) is 6.26. The number of ether oxygens (including phenoxy) is 2. The summed E-state index contributed by atoms with van der Waals surface area (Å²) in [5.41, 5.74) is 3.76. The molecule has 0 atom stereocenters. The van der Waals surface area contributed by atoms with Gasteiger partial charge in [0.05, 0.1) is 7.11 Å². The highest BCUT2D eigenvalue weighted by Crippen LogP contribution is 2.34. The molecule has 3 nitrogen and oxygen atoms in total. The van der Waals surface area contributed by atoms with E-state index in [2.05, 4.69) is 19.6 Å². The second kappa shape index (κ2) is 7.46. The summed E-state index contributed by atoms with van der Waals surface area (Å²) >= 11 is 0. The molecule has 3 heteroatoms. The van der Waals surface area contributed by atoms with E-state index < -0.39 is 0 Å². The van der Waals surface area contributed by atoms with Crippen LogP contribution in [0.4, 0.5) is 0 Å². The fraction of sp³-hybridized carbons (Fsp3) is 0.211. The summed E-state index contributed by atoms with van der Waals surface area (Å²) in [6, 6.07) is 11.6. The Bertz CT molecular complexity index is 674. The highest BCUT2D eigenvalue weighted by Gasteiger charge is 2.13. The molecule has 114 valence electrons. The number of rotatable bonds is 7. The second-order valence-electron chi connectivity index (χ2n) is 5.04. The molecule has 0 aromatic heterocycles. The minimum Gasteiger partial charge on any atom is -0.493 e. The fourth-order valence-electron chi connectivity index (χ4n) is 2.30. The van der Waals surface area contributed by atoms with Crippen molar-refractivity contribution in [2.75, 3.05) is 7.11 Å². The molecule has 0 amide bonds. The topological polar surface area (TPSA) is 35.5 Å². The van der Waals surface area contributed by atoms with Crippen molar-refractivity contribution in [2.45, 2.75) is 20.0 Å². The van der Waals surface area contributed by atoms with Gasteiger partial charge in [-0.25, -0.2) is 0 Å². The number of methoxy groups -OCH3 is 1. The van der Waals surface area contributed by atoms with Crippen LogP contribution < -0.4 is 9.47 Å². The van der Waals surface area contributed by atoms with E-state index in [9.17, 15) is 4.79 Å². The van der Waals surface area contributed by atoms with Gasteiger partial charge >= 0.3 is 0 Å². The van der Waals surface area contributed by atoms with Gasteiger partial charge in [-0.2, -0.15) is 0 Å². The van der Waals surface area contributed by atoms with Crippen molar-refractivity contribution in [1.29, 1.82) is 0 Å². The van der Waals surface area contributed by atoms with Crippen LogP contribution in [0.5, 0.6) is 11.5 Å². The van der Waals surface area contributed by atoms with Gasteiger partial charge in [0.15, 0.2) is 11.5 Å². The number of carbonyl (C=O) groups is 1. The van der Waals surface area contributed by atoms with Gasteiger partial charge < -0.3 is 9.47 Å². The lowest BCUT2D eigenvalue weighted by molar-refractivity contribution is 0.112. The van der Waals surface area contributed by atoms with Gasteiger partial charge in [0, 0.05) is 11.1 Å². The number of hydrogen-bond acceptors (Lipinski definition) is 3. The Morgan fingerprint density at radius 3 is 2.59 bits per heavy atom. The van der Waals surface area contributed by atoms with E-state index in [1.165, 1.54) is 5.56 Å². The van der Waals surface area contributed by atoms with Crippen LogP contribution in [-0.2, 0) is 13.0 Å². The van der Waals surface area contributed by atoms with Crippen LogP contribution in [0.3, 0.4) is 0 Å². The lowest BCUT2D eigenvalue weighted by Crippen LogP contribution is -2.03. The Labute approximate surface area is 131 Å². The molecule has 0 spiro atoms. The van der Waals surface area contributed by atoms with Crippen LogP contribution >= 0.6 is 0 Å². The average molecular weight is 296 g/mol. The van der Waals surface area contributed by atoms with Crippen molar-refractivity contribution in [3.63, 3.8) is 0 Å². The number of aryl methyl sites for hydroxylation is 1. The van der Waals surface area contributed by atoms with Crippen LogP contribution in [0.2, 0.25) is 0 Å². The first-order valence-corrected chi connectivity index (χ1v) is 7.14. The summed E-state index contributed by atoms with van der Waals surface area (Å²) in [7, 11) is 1.57. The van der Waals surface area contributed by atoms with Gasteiger partial charge in [0.2, 0.25) is 0 Å². The molecule has 0 fully saturated rings. The molecule has 0 saturated heterocycles. The van der Waals surface area contributed by atoms with Gasteiger partial charge in [0.25, 0.3) is 0 Å². The van der Waals surface area contributed by atoms with E-state index in [1.54, 1.807) is 19.3 Å². The minimum absolute atomic E-state index is 0.452. The highest BCUT2D eigenvalue weighted by molar-refractivity contribution is 5.77. The maximum absolute atomic E-state index is 11.0. The predicted molar refractivity (Wildman–Crippen MR) is 87.8 cm³/mol. The Kier molecular flexibility index (Phi) is 5.37. The van der Waals surface area contributed by atoms with Crippen LogP contribution in [-0.4, -0.2) is 13.4 Å². The number of allylic oxidation sites excluding steroid dienone is 1. The molecule has 0 saturated carbocycles. The zero-order valence-electron chi connectivity index (χ0n) is 13.0. The van der Waals surface area contributed by atoms with Crippen molar-refractivity contribution in [1.82, 2.24) is 0 Å². The fourth-order valence-corrected chi connectivity index (χ4v) is 2.30. The molecule has 0 radical (unpaired) electrons. The third-order valence-electron chi connectivity index (χ3n) is 3.51. The number of carbonyl (C=O) groups excluding carboxylic acids is 1. The van der Waals surface area contributed by atoms with Crippen LogP contribution in [0.15, 0.2) is 49.1 Å². The lowest BCUT2D eigenvalue weighted by atomic mass is 10.1. The lowest BCUT2D eigenvalue weighted by Gasteiger charge is -2.16. The van der Waals surface area contributed by atoms with Gasteiger partial charge in [-0.05, 0) is 36.6 Å². The molecule has 0 N–H and O–H groups in total. The van der Waals surface area contributed by atoms with Crippen molar-refractivity contribution in [3.05, 3.63) is 71.3 Å². The largest absolute Gasteiger partial charge is 0.493 e. The Hall–Kier alpha value is -2.55. The van der Waals surface area contributed by atoms with Gasteiger partial charge in [-0.1, -0.05) is 30.3 Å². The maximum Gasteiger partial charge on any atom is 0.165 e. The first-order chi connectivity index (χ1) is 10.7. The molecular weight excluding hydrogens is 276 g/mol. The van der Waals surface area contributed by atoms with Crippen molar-refractivity contribution >= 4 is 6.29 Å². The zero-order valence-corrected chi connectivity index (χ0v) is 13.0. The van der Waals surface area contributed by atoms with E-state index in [0.29, 0.717) is 30.1 Å². The number of benzene rings is 2. The van der Waals surface area contributed by atoms with Gasteiger partial charge in [-0.3, -0.25) is 4.79 Å². The first kappa shape index (κ1) is 15.8. The molecule has 22 heavy (non-hydrogen) atoms. The third-order valence-corrected chi connectivity index (χ3v) is 3.51. The molecule has 0 aliphatic rings. The monoisotopic (exact) mass is 296 g/mol. The quantitative estimate of drug-likeness (QED) is 0.569. The number of aldehydes is 1. The molecule has 2 aromatic rings. The smallest absolute Gasteiger partial charge is 0.165 e. The summed E-state index contributed by atoms with van der Waals surface area (Å²) in [5.74, 6) is 1.23. The summed E-state index contributed by atoms with van der Waals surface area (Å²) in [4.78, 5) is 11.0. The van der Waals surface area contributed by atoms with Crippen LogP contribution in [0, 0.1) is 6.92 Å². The molecular formula is C19H20O3. The summed E-state index contributed by atoms with van der Waals surface area (Å²) < 4.78 is 11.4. The predicted octanol–water partition coefficient (Wildman–Crippen LogP) is 4.12. The van der Waals surface area contributed by atoms with Crippen molar-refractivity contribution in [3.8, 4) is 11.5 Å². The molecule has 2 rings (SSSR count). The zero-order chi connectivity index (χ0) is 15.9. The molecule has 0 aliphatic carbocycles. The molecule has 0 bridgehead atoms. The molecule has 0 heterocycles. The van der Waals surface area contributed by atoms with E-state index >= 15 is 0 Å². The van der Waals surface area contributed by atoms with Crippen molar-refractivity contribution in [2.24, 2.45) is 0 Å². The number of hydrogen-bond donors (Lipinski definition) is 0. The van der Waals surface area contributed by atoms with E-state index in [4.69, 9.17) is 9.47 Å². The van der Waals surface area contributed by atoms with E-state index in [0.717, 1.165) is 17.4 Å². The SMILES string of the molecule is C=CCc1cc(C=O)cc(OC)c1OCc1ccccc1C. The summed E-state index contributed by atoms with van der Waals surface area (Å²) in [5, 5.41) is 0. The first-order valence-electron chi connectivity index (χ1n) is 7.14. The summed E-state index contributed by atoms with van der Waals surface area (Å²) in [6.07, 6.45) is 3.20. The third kappa shape index (κ3) is 3.55. The van der Waals surface area contributed by atoms with Crippen LogP contribution in [0.25, 0.3) is 0 Å². The normalized spacial score (nSPS) is 10.1. The standard InChI is InChI=1S/C19H20O3/c1-4-7-16-10-15(12-20)11-18(21-3)19(16)22-13-17-9-6-5-8-14(17)2/h4-6,8-12H,1,7,13H2,2-3H3. The minimum atomic E-state index is 0.452. The highest BCUT2D eigenvalue weighted by atomic mass is 16.5. The van der Waals surface area contributed by atoms with Gasteiger partial charge in [-0.15, -0.1) is 6.58 Å². The van der Waals surface area contributed by atoms with Gasteiger partial charge in [0.1, 0.15) is 12.9 Å². The Balaban J connectivity index is 2.34. The second-order valence-corrected chi connectivity index (χ2v) is 5.04. The average Bonchev–Trinajstić information content (AvgIpc) is 2.54. The van der Waals surface area contributed by atoms with E-state index in [1.807, 2.05) is 24.3 Å². The molecule has 2 aromatic carbocycles. The maximum atomic E-state index is 11.0. The van der Waals surface area contributed by atoms with E-state index in [-0.39, 0.29) is 0 Å². The Morgan fingerprint density at radius 1 is 1.18 bits per heavy atom. The van der Waals surface area contributed by atoms with Crippen LogP contribution in [0.1, 0.15) is 27.0 Å². The van der Waals surface area contributed by atoms with Crippen molar-refractivity contribution < 1.29 is 14.3 Å².